The molecule has 0 radical (unpaired) electrons. The maximum atomic E-state index is 12.5. The van der Waals surface area contributed by atoms with Crippen molar-refractivity contribution in [3.63, 3.8) is 0 Å². The van der Waals surface area contributed by atoms with E-state index >= 15 is 0 Å². The second-order valence-corrected chi connectivity index (χ2v) is 6.42. The Morgan fingerprint density at radius 3 is 2.48 bits per heavy atom. The number of pyridine rings is 2. The second-order valence-electron chi connectivity index (χ2n) is 6.42. The predicted molar refractivity (Wildman–Crippen MR) is 106 cm³/mol. The van der Waals surface area contributed by atoms with Gasteiger partial charge in [0.05, 0.1) is 17.8 Å². The third kappa shape index (κ3) is 3.43. The quantitative estimate of drug-likeness (QED) is 0.665. The molecule has 138 valence electrons. The molecule has 1 aliphatic rings. The molecule has 2 aromatic heterocycles. The number of carbonyl (C=O) groups is 1. The van der Waals surface area contributed by atoms with Gasteiger partial charge in [-0.3, -0.25) is 4.98 Å². The molecular formula is C21H22N4O2. The van der Waals surface area contributed by atoms with Crippen LogP contribution in [-0.2, 0) is 4.74 Å². The van der Waals surface area contributed by atoms with Gasteiger partial charge >= 0.3 is 5.97 Å². The smallest absolute Gasteiger partial charge is 0.341 e. The SMILES string of the molecule is CCOC(=O)c1cnc2ccccc2c1N1CCN(c2ccccn2)CC1. The second kappa shape index (κ2) is 7.61. The molecule has 0 bridgehead atoms. The molecule has 4 rings (SSSR count). The van der Waals surface area contributed by atoms with Crippen molar-refractivity contribution >= 4 is 28.4 Å². The molecule has 1 aliphatic heterocycles. The number of nitrogens with zero attached hydrogens (tertiary/aromatic N) is 4. The number of hydrogen-bond donors (Lipinski definition) is 0. The van der Waals surface area contributed by atoms with Crippen LogP contribution in [0.2, 0.25) is 0 Å². The third-order valence-electron chi connectivity index (χ3n) is 4.81. The summed E-state index contributed by atoms with van der Waals surface area (Å²) in [4.78, 5) is 26.0. The summed E-state index contributed by atoms with van der Waals surface area (Å²) in [6, 6.07) is 13.9. The van der Waals surface area contributed by atoms with Crippen molar-refractivity contribution in [1.29, 1.82) is 0 Å². The van der Waals surface area contributed by atoms with Crippen LogP contribution in [0.4, 0.5) is 11.5 Å². The fraction of sp³-hybridized carbons (Fsp3) is 0.286. The standard InChI is InChI=1S/C21H22N4O2/c1-2-27-21(26)17-15-23-18-8-4-3-7-16(18)20(17)25-13-11-24(12-14-25)19-9-5-6-10-22-19/h3-10,15H,2,11-14H2,1H3. The summed E-state index contributed by atoms with van der Waals surface area (Å²) in [5.41, 5.74) is 2.33. The van der Waals surface area contributed by atoms with E-state index in [-0.39, 0.29) is 5.97 Å². The van der Waals surface area contributed by atoms with E-state index in [1.807, 2.05) is 55.6 Å². The van der Waals surface area contributed by atoms with Gasteiger partial charge in [0.1, 0.15) is 11.4 Å². The van der Waals surface area contributed by atoms with Gasteiger partial charge in [-0.05, 0) is 25.1 Å². The highest BCUT2D eigenvalue weighted by atomic mass is 16.5. The molecule has 1 fully saturated rings. The van der Waals surface area contributed by atoms with E-state index < -0.39 is 0 Å². The van der Waals surface area contributed by atoms with Crippen LogP contribution in [0, 0.1) is 0 Å². The summed E-state index contributed by atoms with van der Waals surface area (Å²) in [6.07, 6.45) is 3.46. The van der Waals surface area contributed by atoms with E-state index in [4.69, 9.17) is 4.74 Å². The summed E-state index contributed by atoms with van der Waals surface area (Å²) in [5.74, 6) is 0.667. The number of fused-ring (bicyclic) bond motifs is 1. The lowest BCUT2D eigenvalue weighted by Gasteiger charge is -2.37. The Balaban J connectivity index is 1.66. The average Bonchev–Trinajstić information content (AvgIpc) is 2.74. The lowest BCUT2D eigenvalue weighted by Crippen LogP contribution is -2.47. The Kier molecular flexibility index (Phi) is 4.87. The van der Waals surface area contributed by atoms with Crippen LogP contribution in [0.3, 0.4) is 0 Å². The van der Waals surface area contributed by atoms with Crippen LogP contribution in [0.25, 0.3) is 10.9 Å². The zero-order valence-corrected chi connectivity index (χ0v) is 15.3. The number of rotatable bonds is 4. The highest BCUT2D eigenvalue weighted by molar-refractivity contribution is 6.05. The van der Waals surface area contributed by atoms with Gasteiger partial charge in [-0.25, -0.2) is 9.78 Å². The highest BCUT2D eigenvalue weighted by Crippen LogP contribution is 2.31. The van der Waals surface area contributed by atoms with Gasteiger partial charge in [0.15, 0.2) is 0 Å². The molecule has 0 spiro atoms. The van der Waals surface area contributed by atoms with Crippen molar-refractivity contribution in [2.75, 3.05) is 42.6 Å². The Morgan fingerprint density at radius 2 is 1.74 bits per heavy atom. The van der Waals surface area contributed by atoms with Crippen molar-refractivity contribution in [1.82, 2.24) is 9.97 Å². The molecule has 0 aliphatic carbocycles. The summed E-state index contributed by atoms with van der Waals surface area (Å²) in [7, 11) is 0. The third-order valence-corrected chi connectivity index (χ3v) is 4.81. The van der Waals surface area contributed by atoms with Crippen LogP contribution >= 0.6 is 0 Å². The number of carbonyl (C=O) groups excluding carboxylic acids is 1. The number of benzene rings is 1. The lowest BCUT2D eigenvalue weighted by molar-refractivity contribution is 0.0527. The summed E-state index contributed by atoms with van der Waals surface area (Å²) in [5, 5.41) is 0.981. The zero-order valence-electron chi connectivity index (χ0n) is 15.3. The van der Waals surface area contributed by atoms with Gasteiger partial charge in [0.2, 0.25) is 0 Å². The molecule has 0 saturated carbocycles. The minimum atomic E-state index is -0.321. The van der Waals surface area contributed by atoms with E-state index in [0.29, 0.717) is 12.2 Å². The topological polar surface area (TPSA) is 58.6 Å². The molecule has 3 aromatic rings. The van der Waals surface area contributed by atoms with Crippen LogP contribution in [0.15, 0.2) is 54.9 Å². The molecule has 1 saturated heterocycles. The molecule has 0 atom stereocenters. The first-order chi connectivity index (χ1) is 13.3. The van der Waals surface area contributed by atoms with Crippen molar-refractivity contribution in [2.45, 2.75) is 6.92 Å². The maximum absolute atomic E-state index is 12.5. The predicted octanol–water partition coefficient (Wildman–Crippen LogP) is 3.13. The van der Waals surface area contributed by atoms with Gasteiger partial charge in [0.25, 0.3) is 0 Å². The van der Waals surface area contributed by atoms with Crippen LogP contribution < -0.4 is 9.80 Å². The number of para-hydroxylation sites is 1. The molecule has 0 N–H and O–H groups in total. The minimum Gasteiger partial charge on any atom is -0.462 e. The largest absolute Gasteiger partial charge is 0.462 e. The molecule has 6 nitrogen and oxygen atoms in total. The van der Waals surface area contributed by atoms with Gasteiger partial charge in [-0.15, -0.1) is 0 Å². The Hall–Kier alpha value is -3.15. The summed E-state index contributed by atoms with van der Waals surface area (Å²) < 4.78 is 5.27. The molecule has 0 amide bonds. The van der Waals surface area contributed by atoms with E-state index in [9.17, 15) is 4.79 Å². The number of anilines is 2. The summed E-state index contributed by atoms with van der Waals surface area (Å²) >= 11 is 0. The Bertz CT molecular complexity index is 937. The van der Waals surface area contributed by atoms with Crippen LogP contribution in [-0.4, -0.2) is 48.7 Å². The van der Waals surface area contributed by atoms with Gasteiger partial charge < -0.3 is 14.5 Å². The molecule has 0 unspecified atom stereocenters. The molecule has 6 heteroatoms. The molecule has 3 heterocycles. The first-order valence-corrected chi connectivity index (χ1v) is 9.23. The van der Waals surface area contributed by atoms with Crippen LogP contribution in [0.1, 0.15) is 17.3 Å². The fourth-order valence-electron chi connectivity index (χ4n) is 3.53. The Morgan fingerprint density at radius 1 is 1.00 bits per heavy atom. The number of aromatic nitrogens is 2. The van der Waals surface area contributed by atoms with Crippen molar-refractivity contribution in [3.8, 4) is 0 Å². The number of piperazine rings is 1. The van der Waals surface area contributed by atoms with Crippen molar-refractivity contribution in [2.24, 2.45) is 0 Å². The maximum Gasteiger partial charge on any atom is 0.341 e. The van der Waals surface area contributed by atoms with E-state index in [1.165, 1.54) is 0 Å². The van der Waals surface area contributed by atoms with E-state index in [0.717, 1.165) is 48.6 Å². The first kappa shape index (κ1) is 17.3. The fourth-order valence-corrected chi connectivity index (χ4v) is 3.53. The zero-order chi connectivity index (χ0) is 18.6. The van der Waals surface area contributed by atoms with Gasteiger partial charge in [-0.2, -0.15) is 0 Å². The monoisotopic (exact) mass is 362 g/mol. The number of esters is 1. The van der Waals surface area contributed by atoms with Crippen LogP contribution in [0.5, 0.6) is 0 Å². The van der Waals surface area contributed by atoms with E-state index in [2.05, 4.69) is 19.8 Å². The van der Waals surface area contributed by atoms with Crippen molar-refractivity contribution in [3.05, 3.63) is 60.4 Å². The average molecular weight is 362 g/mol. The lowest BCUT2D eigenvalue weighted by atomic mass is 10.1. The molecular weight excluding hydrogens is 340 g/mol. The van der Waals surface area contributed by atoms with Gasteiger partial charge in [0, 0.05) is 44.0 Å². The summed E-state index contributed by atoms with van der Waals surface area (Å²) in [6.45, 7) is 5.45. The van der Waals surface area contributed by atoms with E-state index in [1.54, 1.807) is 6.20 Å². The highest BCUT2D eigenvalue weighted by Gasteiger charge is 2.25. The molecule has 1 aromatic carbocycles. The molecule has 27 heavy (non-hydrogen) atoms. The van der Waals surface area contributed by atoms with Crippen molar-refractivity contribution < 1.29 is 9.53 Å². The normalized spacial score (nSPS) is 14.4. The Labute approximate surface area is 158 Å². The number of ether oxygens (including phenoxy) is 1. The number of hydrogen-bond acceptors (Lipinski definition) is 6. The minimum absolute atomic E-state index is 0.321. The van der Waals surface area contributed by atoms with Gasteiger partial charge in [-0.1, -0.05) is 24.3 Å². The first-order valence-electron chi connectivity index (χ1n) is 9.23.